The number of carboxylic acid groups (broad SMARTS) is 1. The number of carbonyl (C=O) groups excluding carboxylic acids is 2. The molecule has 0 N–H and O–H groups in total. The number of carboxylic acids is 1. The van der Waals surface area contributed by atoms with Gasteiger partial charge in [-0.3, -0.25) is 4.79 Å². The summed E-state index contributed by atoms with van der Waals surface area (Å²) < 4.78 is 11.5. The van der Waals surface area contributed by atoms with Crippen LogP contribution < -0.4 is 49.0 Å². The summed E-state index contributed by atoms with van der Waals surface area (Å²) in [6.07, 6.45) is 2.13. The van der Waals surface area contributed by atoms with E-state index in [0.717, 1.165) is 18.5 Å². The quantitative estimate of drug-likeness (QED) is 0.414. The molecule has 1 atom stereocenters. The Morgan fingerprint density at radius 2 is 1.86 bits per heavy atom. The van der Waals surface area contributed by atoms with Crippen LogP contribution in [0, 0.1) is 0 Å². The van der Waals surface area contributed by atoms with Crippen molar-refractivity contribution in [1.82, 2.24) is 0 Å². The summed E-state index contributed by atoms with van der Waals surface area (Å²) >= 11 is 12.5. The van der Waals surface area contributed by atoms with Crippen molar-refractivity contribution in [3.8, 4) is 17.2 Å². The predicted molar refractivity (Wildman–Crippen MR) is 134 cm³/mol. The van der Waals surface area contributed by atoms with E-state index < -0.39 is 11.9 Å². The molecule has 1 aliphatic heterocycles. The number of unbranched alkanes of at least 4 members (excludes halogenated alkanes) is 1. The van der Waals surface area contributed by atoms with Gasteiger partial charge in [0.15, 0.2) is 0 Å². The molecule has 0 spiro atoms. The Hall–Kier alpha value is -2.22. The van der Waals surface area contributed by atoms with E-state index in [0.29, 0.717) is 46.4 Å². The van der Waals surface area contributed by atoms with Gasteiger partial charge in [-0.05, 0) is 61.4 Å². The van der Waals surface area contributed by atoms with E-state index in [-0.39, 0.29) is 47.1 Å². The van der Waals surface area contributed by atoms with Crippen LogP contribution in [0.25, 0.3) is 0 Å². The van der Waals surface area contributed by atoms with Crippen molar-refractivity contribution in [3.05, 3.63) is 81.8 Å². The number of hydrogen-bond acceptors (Lipinski definition) is 5. The minimum absolute atomic E-state index is 0. The molecule has 4 rings (SSSR count). The van der Waals surface area contributed by atoms with E-state index >= 15 is 0 Å². The smallest absolute Gasteiger partial charge is 0.549 e. The number of ether oxygens (including phenoxy) is 2. The topological polar surface area (TPSA) is 78.9 Å². The molecule has 1 heterocycles. The van der Waals surface area contributed by atoms with Crippen molar-refractivity contribution < 1.29 is 53.7 Å². The second-order valence-electron chi connectivity index (χ2n) is 8.25. The molecule has 0 bridgehead atoms. The summed E-state index contributed by atoms with van der Waals surface area (Å²) in [5.41, 5.74) is 1.72. The molecule has 0 saturated heterocycles. The zero-order valence-corrected chi connectivity index (χ0v) is 23.6. The van der Waals surface area contributed by atoms with Crippen LogP contribution in [0.3, 0.4) is 0 Å². The first-order valence-electron chi connectivity index (χ1n) is 11.4. The van der Waals surface area contributed by atoms with Crippen LogP contribution in [-0.4, -0.2) is 25.0 Å². The molecule has 0 aromatic heterocycles. The zero-order valence-electron chi connectivity index (χ0n) is 20.1. The third-order valence-electron chi connectivity index (χ3n) is 5.82. The number of benzene rings is 3. The molecule has 182 valence electrons. The standard InChI is InChI=1S/C27H25Cl2NO5.Na/c1-2-3-12-30(19-6-4-5-18(28)14-19)26(31)17-7-9-20(10-8-17)35-25-16-24-22(15-23(25)29)21(27(32)33)11-13-34-24;/h4-10,14-16,21H,2-3,11-13H2,1H3,(H,32,33);/q;+1/p-1. The van der Waals surface area contributed by atoms with Gasteiger partial charge in [0, 0.05) is 46.3 Å². The van der Waals surface area contributed by atoms with Gasteiger partial charge in [-0.25, -0.2) is 0 Å². The number of nitrogens with zero attached hydrogens (tertiary/aromatic N) is 1. The second kappa shape index (κ2) is 12.8. The number of amides is 1. The molecule has 6 nitrogen and oxygen atoms in total. The van der Waals surface area contributed by atoms with E-state index in [9.17, 15) is 14.7 Å². The monoisotopic (exact) mass is 535 g/mol. The van der Waals surface area contributed by atoms with Crippen LogP contribution in [0.5, 0.6) is 17.2 Å². The molecule has 1 amide bonds. The Kier molecular flexibility index (Phi) is 10.1. The average molecular weight is 536 g/mol. The van der Waals surface area contributed by atoms with Crippen LogP contribution in [0.4, 0.5) is 5.69 Å². The number of halogens is 2. The number of carbonyl (C=O) groups is 2. The molecule has 3 aromatic carbocycles. The number of anilines is 1. The summed E-state index contributed by atoms with van der Waals surface area (Å²) in [5, 5.41) is 12.2. The van der Waals surface area contributed by atoms with Gasteiger partial charge in [-0.1, -0.05) is 42.6 Å². The van der Waals surface area contributed by atoms with Gasteiger partial charge in [0.05, 0.1) is 11.6 Å². The summed E-state index contributed by atoms with van der Waals surface area (Å²) in [6.45, 7) is 2.92. The predicted octanol–water partition coefficient (Wildman–Crippen LogP) is 2.85. The average Bonchev–Trinajstić information content (AvgIpc) is 2.84. The number of aliphatic carboxylic acids is 1. The number of hydrogen-bond donors (Lipinski definition) is 0. The fourth-order valence-corrected chi connectivity index (χ4v) is 4.36. The van der Waals surface area contributed by atoms with E-state index in [2.05, 4.69) is 6.92 Å². The van der Waals surface area contributed by atoms with Crippen molar-refractivity contribution in [3.63, 3.8) is 0 Å². The first kappa shape index (κ1) is 28.4. The third kappa shape index (κ3) is 6.55. The first-order chi connectivity index (χ1) is 16.9. The maximum absolute atomic E-state index is 13.3. The molecule has 0 radical (unpaired) electrons. The summed E-state index contributed by atoms with van der Waals surface area (Å²) in [5.74, 6) is -0.868. The Balaban J connectivity index is 0.00000361. The molecule has 0 saturated carbocycles. The minimum Gasteiger partial charge on any atom is -0.549 e. The Bertz CT molecular complexity index is 1240. The fraction of sp³-hybridized carbons (Fsp3) is 0.259. The van der Waals surface area contributed by atoms with Crippen LogP contribution >= 0.6 is 23.2 Å². The van der Waals surface area contributed by atoms with Gasteiger partial charge < -0.3 is 24.3 Å². The fourth-order valence-electron chi connectivity index (χ4n) is 3.97. The maximum atomic E-state index is 13.3. The van der Waals surface area contributed by atoms with Gasteiger partial charge in [-0.15, -0.1) is 0 Å². The van der Waals surface area contributed by atoms with Gasteiger partial charge >= 0.3 is 29.6 Å². The van der Waals surface area contributed by atoms with Crippen LogP contribution in [-0.2, 0) is 4.79 Å². The van der Waals surface area contributed by atoms with Gasteiger partial charge in [-0.2, -0.15) is 0 Å². The Labute approximate surface area is 242 Å². The molecule has 0 aliphatic carbocycles. The molecular formula is C27H24Cl2NNaO5. The van der Waals surface area contributed by atoms with Gasteiger partial charge in [0.1, 0.15) is 17.2 Å². The zero-order chi connectivity index (χ0) is 24.9. The van der Waals surface area contributed by atoms with Crippen LogP contribution in [0.15, 0.2) is 60.7 Å². The van der Waals surface area contributed by atoms with E-state index in [1.807, 2.05) is 12.1 Å². The van der Waals surface area contributed by atoms with Crippen molar-refractivity contribution in [2.45, 2.75) is 32.1 Å². The molecule has 3 aromatic rings. The largest absolute Gasteiger partial charge is 1.00 e. The summed E-state index contributed by atoms with van der Waals surface area (Å²) in [6, 6.07) is 17.1. The summed E-state index contributed by atoms with van der Waals surface area (Å²) in [7, 11) is 0. The van der Waals surface area contributed by atoms with E-state index in [1.165, 1.54) is 0 Å². The van der Waals surface area contributed by atoms with Crippen molar-refractivity contribution in [2.75, 3.05) is 18.1 Å². The molecule has 9 heteroatoms. The molecule has 0 fully saturated rings. The summed E-state index contributed by atoms with van der Waals surface area (Å²) in [4.78, 5) is 26.4. The van der Waals surface area contributed by atoms with Crippen LogP contribution in [0.2, 0.25) is 10.0 Å². The minimum atomic E-state index is -1.16. The van der Waals surface area contributed by atoms with Gasteiger partial charge in [0.2, 0.25) is 0 Å². The third-order valence-corrected chi connectivity index (χ3v) is 6.35. The molecule has 36 heavy (non-hydrogen) atoms. The van der Waals surface area contributed by atoms with Crippen molar-refractivity contribution >= 4 is 40.8 Å². The Morgan fingerprint density at radius 1 is 1.11 bits per heavy atom. The van der Waals surface area contributed by atoms with Crippen molar-refractivity contribution in [1.29, 1.82) is 0 Å². The normalized spacial score (nSPS) is 14.1. The molecular weight excluding hydrogens is 512 g/mol. The van der Waals surface area contributed by atoms with E-state index in [4.69, 9.17) is 32.7 Å². The second-order valence-corrected chi connectivity index (χ2v) is 9.09. The van der Waals surface area contributed by atoms with Crippen LogP contribution in [0.1, 0.15) is 48.0 Å². The number of fused-ring (bicyclic) bond motifs is 1. The SMILES string of the molecule is CCCCN(C(=O)c1ccc(Oc2cc3c(cc2Cl)C(C(=O)[O-])CCO3)cc1)c1cccc(Cl)c1.[Na+]. The first-order valence-corrected chi connectivity index (χ1v) is 12.2. The Morgan fingerprint density at radius 3 is 2.53 bits per heavy atom. The molecule has 1 aliphatic rings. The van der Waals surface area contributed by atoms with Crippen molar-refractivity contribution in [2.24, 2.45) is 0 Å². The number of rotatable bonds is 8. The van der Waals surface area contributed by atoms with Gasteiger partial charge in [0.25, 0.3) is 5.91 Å². The van der Waals surface area contributed by atoms with E-state index in [1.54, 1.807) is 53.4 Å². The maximum Gasteiger partial charge on any atom is 1.00 e. The molecule has 1 unspecified atom stereocenters.